The zero-order valence-corrected chi connectivity index (χ0v) is 14.3. The second-order valence-electron chi connectivity index (χ2n) is 5.42. The molecule has 0 bridgehead atoms. The van der Waals surface area contributed by atoms with Crippen molar-refractivity contribution in [1.29, 1.82) is 0 Å². The summed E-state index contributed by atoms with van der Waals surface area (Å²) in [6, 6.07) is 1.77. The first kappa shape index (κ1) is 15.0. The van der Waals surface area contributed by atoms with Gasteiger partial charge in [0.05, 0.1) is 23.1 Å². The van der Waals surface area contributed by atoms with Gasteiger partial charge in [0.2, 0.25) is 14.2 Å². The van der Waals surface area contributed by atoms with Gasteiger partial charge < -0.3 is 4.57 Å². The maximum atomic E-state index is 12.7. The Morgan fingerprint density at radius 3 is 2.83 bits per heavy atom. The maximum absolute atomic E-state index is 12.7. The van der Waals surface area contributed by atoms with Crippen molar-refractivity contribution in [1.82, 2.24) is 29.5 Å². The van der Waals surface area contributed by atoms with E-state index in [1.54, 1.807) is 30.1 Å². The molecule has 9 nitrogen and oxygen atoms in total. The van der Waals surface area contributed by atoms with Gasteiger partial charge in [0.1, 0.15) is 5.52 Å². The van der Waals surface area contributed by atoms with Crippen molar-refractivity contribution >= 4 is 42.4 Å². The third-order valence-electron chi connectivity index (χ3n) is 3.70. The summed E-state index contributed by atoms with van der Waals surface area (Å²) in [6.07, 6.45) is 4.29. The minimum absolute atomic E-state index is 0.0339. The number of sulfone groups is 1. The summed E-state index contributed by atoms with van der Waals surface area (Å²) >= 11 is 1.05. The van der Waals surface area contributed by atoms with Crippen molar-refractivity contribution in [3.05, 3.63) is 34.5 Å². The van der Waals surface area contributed by atoms with Gasteiger partial charge in [-0.25, -0.2) is 18.1 Å². The molecule has 0 amide bonds. The van der Waals surface area contributed by atoms with Crippen molar-refractivity contribution in [3.63, 3.8) is 0 Å². The standard InChI is InChI=1S/C13H12N6O3S2/c1-18-9-8(10-11(18)16-13(23-10)24(2,21)22)5-15-19(12(9)20)6-7-3-4-14-17-7/h3-5H,6H2,1-2H3,(H,14,17). The summed E-state index contributed by atoms with van der Waals surface area (Å²) in [5, 5.41) is 11.4. The number of rotatable bonds is 3. The predicted molar refractivity (Wildman–Crippen MR) is 89.0 cm³/mol. The highest BCUT2D eigenvalue weighted by Crippen LogP contribution is 2.32. The fourth-order valence-electron chi connectivity index (χ4n) is 2.58. The highest BCUT2D eigenvalue weighted by atomic mass is 32.2. The number of hydrogen-bond acceptors (Lipinski definition) is 7. The molecule has 0 spiro atoms. The van der Waals surface area contributed by atoms with E-state index in [4.69, 9.17) is 0 Å². The predicted octanol–water partition coefficient (Wildman–Crippen LogP) is 0.520. The molecule has 0 aliphatic rings. The van der Waals surface area contributed by atoms with Crippen LogP contribution in [0.5, 0.6) is 0 Å². The van der Waals surface area contributed by atoms with Crippen LogP contribution in [-0.4, -0.2) is 44.2 Å². The Morgan fingerprint density at radius 2 is 2.17 bits per heavy atom. The van der Waals surface area contributed by atoms with Gasteiger partial charge in [-0.1, -0.05) is 0 Å². The Hall–Kier alpha value is -2.53. The molecule has 4 aromatic rings. The van der Waals surface area contributed by atoms with E-state index in [1.165, 1.54) is 4.68 Å². The number of hydrogen-bond donors (Lipinski definition) is 1. The summed E-state index contributed by atoms with van der Waals surface area (Å²) in [4.78, 5) is 16.9. The molecule has 0 saturated heterocycles. The SMILES string of the molecule is Cn1c2nc(S(C)(=O)=O)sc2c2cnn(Cc3ccn[nH]3)c(=O)c21. The van der Waals surface area contributed by atoms with E-state index in [2.05, 4.69) is 20.3 Å². The third kappa shape index (κ3) is 2.16. The smallest absolute Gasteiger partial charge is 0.291 e. The molecule has 0 fully saturated rings. The van der Waals surface area contributed by atoms with Crippen LogP contribution >= 0.6 is 11.3 Å². The molecule has 0 aromatic carbocycles. The van der Waals surface area contributed by atoms with Crippen molar-refractivity contribution in [2.45, 2.75) is 10.9 Å². The van der Waals surface area contributed by atoms with Crippen molar-refractivity contribution in [3.8, 4) is 0 Å². The van der Waals surface area contributed by atoms with Crippen LogP contribution in [0.3, 0.4) is 0 Å². The lowest BCUT2D eigenvalue weighted by Gasteiger charge is -2.03. The van der Waals surface area contributed by atoms with Gasteiger partial charge in [-0.2, -0.15) is 10.2 Å². The Kier molecular flexibility index (Phi) is 3.12. The molecule has 4 rings (SSSR count). The summed E-state index contributed by atoms with van der Waals surface area (Å²) in [5.41, 5.74) is 1.40. The summed E-state index contributed by atoms with van der Waals surface area (Å²) in [7, 11) is -1.70. The number of nitrogens with one attached hydrogen (secondary N) is 1. The molecule has 4 aromatic heterocycles. The largest absolute Gasteiger partial charge is 0.323 e. The number of H-pyrrole nitrogens is 1. The first-order chi connectivity index (χ1) is 11.4. The highest BCUT2D eigenvalue weighted by molar-refractivity contribution is 7.92. The Bertz CT molecular complexity index is 1230. The monoisotopic (exact) mass is 364 g/mol. The molecule has 11 heteroatoms. The molecule has 0 aliphatic carbocycles. The van der Waals surface area contributed by atoms with E-state index in [0.29, 0.717) is 21.3 Å². The minimum atomic E-state index is -3.39. The average Bonchev–Trinajstić information content (AvgIpc) is 3.20. The number of aromatic nitrogens is 6. The minimum Gasteiger partial charge on any atom is -0.323 e. The molecular formula is C13H12N6O3S2. The summed E-state index contributed by atoms with van der Waals surface area (Å²) in [6.45, 7) is 0.273. The lowest BCUT2D eigenvalue weighted by atomic mass is 10.3. The quantitative estimate of drug-likeness (QED) is 0.567. The fourth-order valence-corrected chi connectivity index (χ4v) is 4.52. The molecule has 4 heterocycles. The van der Waals surface area contributed by atoms with Gasteiger partial charge in [0.25, 0.3) is 5.56 Å². The Labute approximate surface area is 139 Å². The van der Waals surface area contributed by atoms with Gasteiger partial charge in [0, 0.05) is 24.9 Å². The van der Waals surface area contributed by atoms with E-state index in [-0.39, 0.29) is 16.4 Å². The van der Waals surface area contributed by atoms with Gasteiger partial charge in [-0.3, -0.25) is 9.89 Å². The van der Waals surface area contributed by atoms with Crippen LogP contribution in [-0.2, 0) is 23.4 Å². The summed E-state index contributed by atoms with van der Waals surface area (Å²) < 4.78 is 27.0. The number of aromatic amines is 1. The van der Waals surface area contributed by atoms with Crippen LogP contribution in [0, 0.1) is 0 Å². The Morgan fingerprint density at radius 1 is 1.38 bits per heavy atom. The topological polar surface area (TPSA) is 116 Å². The normalized spacial score (nSPS) is 12.4. The van der Waals surface area contributed by atoms with Crippen molar-refractivity contribution in [2.75, 3.05) is 6.26 Å². The maximum Gasteiger partial charge on any atom is 0.291 e. The first-order valence-electron chi connectivity index (χ1n) is 6.89. The van der Waals surface area contributed by atoms with E-state index < -0.39 is 9.84 Å². The molecule has 0 radical (unpaired) electrons. The van der Waals surface area contributed by atoms with E-state index in [9.17, 15) is 13.2 Å². The van der Waals surface area contributed by atoms with Crippen LogP contribution < -0.4 is 5.56 Å². The summed E-state index contributed by atoms with van der Waals surface area (Å²) in [5.74, 6) is 0. The van der Waals surface area contributed by atoms with Crippen LogP contribution in [0.1, 0.15) is 5.69 Å². The molecule has 0 unspecified atom stereocenters. The average molecular weight is 364 g/mol. The number of thiazole rings is 1. The molecular weight excluding hydrogens is 352 g/mol. The van der Waals surface area contributed by atoms with E-state index >= 15 is 0 Å². The molecule has 24 heavy (non-hydrogen) atoms. The molecule has 124 valence electrons. The Balaban J connectivity index is 1.96. The van der Waals surface area contributed by atoms with Crippen LogP contribution in [0.25, 0.3) is 21.3 Å². The zero-order chi connectivity index (χ0) is 17.1. The van der Waals surface area contributed by atoms with Crippen LogP contribution in [0.2, 0.25) is 0 Å². The molecule has 0 aliphatic heterocycles. The lowest BCUT2D eigenvalue weighted by molar-refractivity contribution is 0.601. The van der Waals surface area contributed by atoms with Gasteiger partial charge in [-0.15, -0.1) is 11.3 Å². The number of nitrogens with zero attached hydrogens (tertiary/aromatic N) is 5. The first-order valence-corrected chi connectivity index (χ1v) is 9.60. The van der Waals surface area contributed by atoms with Crippen molar-refractivity contribution < 1.29 is 8.42 Å². The second kappa shape index (κ2) is 4.98. The van der Waals surface area contributed by atoms with Crippen molar-refractivity contribution in [2.24, 2.45) is 7.05 Å². The van der Waals surface area contributed by atoms with Gasteiger partial charge in [0.15, 0.2) is 5.65 Å². The van der Waals surface area contributed by atoms with Gasteiger partial charge in [-0.05, 0) is 6.07 Å². The number of aryl methyl sites for hydroxylation is 1. The van der Waals surface area contributed by atoms with E-state index in [0.717, 1.165) is 23.3 Å². The van der Waals surface area contributed by atoms with Gasteiger partial charge >= 0.3 is 0 Å². The number of fused-ring (bicyclic) bond motifs is 3. The van der Waals surface area contributed by atoms with E-state index in [1.807, 2.05) is 0 Å². The van der Waals surface area contributed by atoms with Crippen LogP contribution in [0.15, 0.2) is 27.6 Å². The third-order valence-corrected chi connectivity index (χ3v) is 6.46. The molecule has 1 N–H and O–H groups in total. The zero-order valence-electron chi connectivity index (χ0n) is 12.7. The highest BCUT2D eigenvalue weighted by Gasteiger charge is 2.21. The lowest BCUT2D eigenvalue weighted by Crippen LogP contribution is -2.24. The second-order valence-corrected chi connectivity index (χ2v) is 8.60. The molecule has 0 atom stereocenters. The molecule has 0 saturated carbocycles. The fraction of sp³-hybridized carbons (Fsp3) is 0.231. The van der Waals surface area contributed by atoms with Crippen LogP contribution in [0.4, 0.5) is 0 Å².